The number of hydrogen-bond acceptors (Lipinski definition) is 6. The molecule has 1 N–H and O–H groups in total. The Bertz CT molecular complexity index is 910. The lowest BCUT2D eigenvalue weighted by Gasteiger charge is -2.39. The molecule has 0 spiro atoms. The number of methoxy groups -OCH3 is 2. The van der Waals surface area contributed by atoms with Crippen molar-refractivity contribution in [2.75, 3.05) is 20.8 Å². The summed E-state index contributed by atoms with van der Waals surface area (Å²) in [5, 5.41) is 3.33. The lowest BCUT2D eigenvalue weighted by Crippen LogP contribution is -2.38. The zero-order chi connectivity index (χ0) is 21.3. The van der Waals surface area contributed by atoms with Crippen LogP contribution >= 0.6 is 0 Å². The highest BCUT2D eigenvalue weighted by Crippen LogP contribution is 2.47. The summed E-state index contributed by atoms with van der Waals surface area (Å²) in [6, 6.07) is 5.51. The van der Waals surface area contributed by atoms with E-state index < -0.39 is 11.9 Å². The van der Waals surface area contributed by atoms with Gasteiger partial charge in [-0.1, -0.05) is 19.9 Å². The summed E-state index contributed by atoms with van der Waals surface area (Å²) in [4.78, 5) is 26.1. The average molecular weight is 399 g/mol. The van der Waals surface area contributed by atoms with Crippen LogP contribution in [0, 0.1) is 5.41 Å². The molecule has 0 fully saturated rings. The molecule has 0 radical (unpaired) electrons. The number of Topliss-reactive ketones (excluding diaryl/α,β-unsaturated/α-hetero) is 1. The van der Waals surface area contributed by atoms with Crippen molar-refractivity contribution in [2.45, 2.75) is 46.5 Å². The van der Waals surface area contributed by atoms with E-state index in [1.54, 1.807) is 27.2 Å². The Balaban J connectivity index is 2.20. The van der Waals surface area contributed by atoms with Crippen LogP contribution in [0.5, 0.6) is 11.5 Å². The molecule has 0 bridgehead atoms. The van der Waals surface area contributed by atoms with Crippen molar-refractivity contribution < 1.29 is 23.8 Å². The molecule has 1 aromatic rings. The zero-order valence-corrected chi connectivity index (χ0v) is 18.0. The molecule has 3 rings (SSSR count). The second kappa shape index (κ2) is 7.93. The lowest BCUT2D eigenvalue weighted by molar-refractivity contribution is -0.138. The molecule has 2 aliphatic rings. The van der Waals surface area contributed by atoms with Crippen molar-refractivity contribution in [3.05, 3.63) is 46.3 Å². The van der Waals surface area contributed by atoms with E-state index in [1.807, 2.05) is 19.1 Å². The van der Waals surface area contributed by atoms with E-state index in [0.29, 0.717) is 34.8 Å². The second-order valence-corrected chi connectivity index (χ2v) is 8.26. The summed E-state index contributed by atoms with van der Waals surface area (Å²) in [5.41, 5.74) is 3.37. The number of nitrogens with one attached hydrogen (secondary N) is 1. The number of esters is 1. The van der Waals surface area contributed by atoms with Gasteiger partial charge in [-0.25, -0.2) is 4.79 Å². The van der Waals surface area contributed by atoms with Crippen LogP contribution < -0.4 is 14.8 Å². The number of carbonyl (C=O) groups excluding carboxylic acids is 2. The van der Waals surface area contributed by atoms with Gasteiger partial charge in [0, 0.05) is 29.3 Å². The maximum absolute atomic E-state index is 13.2. The predicted octanol–water partition coefficient (Wildman–Crippen LogP) is 3.87. The van der Waals surface area contributed by atoms with Crippen LogP contribution in [0.25, 0.3) is 0 Å². The highest BCUT2D eigenvalue weighted by molar-refractivity contribution is 6.04. The number of rotatable bonds is 5. The van der Waals surface area contributed by atoms with Gasteiger partial charge in [-0.15, -0.1) is 0 Å². The van der Waals surface area contributed by atoms with E-state index in [1.165, 1.54) is 0 Å². The van der Waals surface area contributed by atoms with Crippen molar-refractivity contribution in [3.8, 4) is 11.5 Å². The molecule has 1 aliphatic heterocycles. The first kappa shape index (κ1) is 21.0. The first-order chi connectivity index (χ1) is 13.7. The van der Waals surface area contributed by atoms with Gasteiger partial charge >= 0.3 is 5.97 Å². The van der Waals surface area contributed by atoms with Crippen LogP contribution in [0.15, 0.2) is 40.7 Å². The van der Waals surface area contributed by atoms with Crippen molar-refractivity contribution >= 4 is 11.8 Å². The summed E-state index contributed by atoms with van der Waals surface area (Å²) < 4.78 is 16.1. The Hall–Kier alpha value is -2.76. The smallest absolute Gasteiger partial charge is 0.336 e. The standard InChI is InChI=1S/C23H29NO5/c1-7-29-22(26)19-13(2)24-15-11-23(3,4)12-16(25)21(15)20(19)14-8-9-17(27-5)18(10-14)28-6/h8-10,20,24H,7,11-12H2,1-6H3. The van der Waals surface area contributed by atoms with E-state index in [0.717, 1.165) is 17.7 Å². The molecular formula is C23H29NO5. The van der Waals surface area contributed by atoms with Gasteiger partial charge in [0.1, 0.15) is 0 Å². The molecule has 1 heterocycles. The van der Waals surface area contributed by atoms with E-state index in [4.69, 9.17) is 14.2 Å². The highest BCUT2D eigenvalue weighted by atomic mass is 16.5. The monoisotopic (exact) mass is 399 g/mol. The number of ether oxygens (including phenoxy) is 3. The Labute approximate surface area is 171 Å². The molecule has 1 unspecified atom stereocenters. The van der Waals surface area contributed by atoms with Crippen LogP contribution in [-0.2, 0) is 14.3 Å². The maximum Gasteiger partial charge on any atom is 0.336 e. The Kier molecular flexibility index (Phi) is 5.73. The fourth-order valence-electron chi connectivity index (χ4n) is 4.28. The van der Waals surface area contributed by atoms with E-state index >= 15 is 0 Å². The minimum Gasteiger partial charge on any atom is -0.493 e. The number of hydrogen-bond donors (Lipinski definition) is 1. The van der Waals surface area contributed by atoms with Crippen LogP contribution in [0.3, 0.4) is 0 Å². The van der Waals surface area contributed by atoms with Crippen LogP contribution in [0.1, 0.15) is 52.0 Å². The summed E-state index contributed by atoms with van der Waals surface area (Å²) in [7, 11) is 3.14. The quantitative estimate of drug-likeness (QED) is 0.758. The largest absolute Gasteiger partial charge is 0.493 e. The third kappa shape index (κ3) is 3.88. The van der Waals surface area contributed by atoms with Crippen LogP contribution in [0.2, 0.25) is 0 Å². The molecule has 156 valence electrons. The van der Waals surface area contributed by atoms with Gasteiger partial charge in [-0.2, -0.15) is 0 Å². The zero-order valence-electron chi connectivity index (χ0n) is 18.0. The highest BCUT2D eigenvalue weighted by Gasteiger charge is 2.43. The number of allylic oxidation sites excluding steroid dienone is 3. The normalized spacial score (nSPS) is 20.8. The fourth-order valence-corrected chi connectivity index (χ4v) is 4.28. The molecule has 29 heavy (non-hydrogen) atoms. The first-order valence-electron chi connectivity index (χ1n) is 9.85. The van der Waals surface area contributed by atoms with Crippen molar-refractivity contribution in [1.82, 2.24) is 5.32 Å². The van der Waals surface area contributed by atoms with Gasteiger partial charge in [0.25, 0.3) is 0 Å². The molecule has 0 saturated carbocycles. The van der Waals surface area contributed by atoms with Gasteiger partial charge in [-0.3, -0.25) is 4.79 Å². The Morgan fingerprint density at radius 1 is 1.17 bits per heavy atom. The van der Waals surface area contributed by atoms with Crippen LogP contribution in [-0.4, -0.2) is 32.6 Å². The minimum atomic E-state index is -0.506. The summed E-state index contributed by atoms with van der Waals surface area (Å²) in [5.74, 6) is 0.275. The summed E-state index contributed by atoms with van der Waals surface area (Å²) in [6.45, 7) is 8.06. The average Bonchev–Trinajstić information content (AvgIpc) is 2.65. The van der Waals surface area contributed by atoms with Gasteiger partial charge in [0.2, 0.25) is 0 Å². The number of dihydropyridines is 1. The van der Waals surface area contributed by atoms with Crippen molar-refractivity contribution in [3.63, 3.8) is 0 Å². The van der Waals surface area contributed by atoms with E-state index in [2.05, 4.69) is 19.2 Å². The SMILES string of the molecule is CCOC(=O)C1=C(C)NC2=C(C(=O)CC(C)(C)C2)C1c1ccc(OC)c(OC)c1. The second-order valence-electron chi connectivity index (χ2n) is 8.26. The number of carbonyl (C=O) groups is 2. The summed E-state index contributed by atoms with van der Waals surface area (Å²) in [6.07, 6.45) is 1.18. The number of ketones is 1. The molecule has 0 aromatic heterocycles. The third-order valence-electron chi connectivity index (χ3n) is 5.48. The molecular weight excluding hydrogens is 370 g/mol. The van der Waals surface area contributed by atoms with Crippen molar-refractivity contribution in [1.29, 1.82) is 0 Å². The molecule has 1 aliphatic carbocycles. The van der Waals surface area contributed by atoms with Gasteiger partial charge in [0.15, 0.2) is 17.3 Å². The molecule has 6 nitrogen and oxygen atoms in total. The van der Waals surface area contributed by atoms with Gasteiger partial charge in [-0.05, 0) is 43.4 Å². The Morgan fingerprint density at radius 3 is 2.48 bits per heavy atom. The lowest BCUT2D eigenvalue weighted by atomic mass is 9.68. The van der Waals surface area contributed by atoms with E-state index in [9.17, 15) is 9.59 Å². The van der Waals surface area contributed by atoms with E-state index in [-0.39, 0.29) is 17.8 Å². The molecule has 1 atom stereocenters. The topological polar surface area (TPSA) is 73.9 Å². The molecule has 0 saturated heterocycles. The maximum atomic E-state index is 13.2. The van der Waals surface area contributed by atoms with Crippen molar-refractivity contribution in [2.24, 2.45) is 5.41 Å². The van der Waals surface area contributed by atoms with Gasteiger partial charge in [0.05, 0.1) is 26.4 Å². The third-order valence-corrected chi connectivity index (χ3v) is 5.48. The molecule has 0 amide bonds. The van der Waals surface area contributed by atoms with Gasteiger partial charge < -0.3 is 19.5 Å². The predicted molar refractivity (Wildman–Crippen MR) is 110 cm³/mol. The number of benzene rings is 1. The first-order valence-corrected chi connectivity index (χ1v) is 9.85. The molecule has 6 heteroatoms. The molecule has 1 aromatic carbocycles. The summed E-state index contributed by atoms with van der Waals surface area (Å²) >= 11 is 0. The minimum absolute atomic E-state index is 0.0535. The van der Waals surface area contributed by atoms with Crippen LogP contribution in [0.4, 0.5) is 0 Å². The fraction of sp³-hybridized carbons (Fsp3) is 0.478. The Morgan fingerprint density at radius 2 is 1.86 bits per heavy atom.